The van der Waals surface area contributed by atoms with Crippen molar-refractivity contribution >= 4 is 49.9 Å². The van der Waals surface area contributed by atoms with Gasteiger partial charge in [0, 0.05) is 3.57 Å². The number of nitrogens with zero attached hydrogens (tertiary/aromatic N) is 2. The standard InChI is InChI=1S/C29H26IN3O4S/c1-21(23-12-14-24(30)15-13-23)31-32-29(34)27-10-6-7-11-28(27)33(20-22-8-4-3-5-9-22)38(35,36)26-18-16-25(37-2)17-19-26/h3-19H,20H2,1-2H3,(H,32,34)/b31-21+. The molecular formula is C29H26IN3O4S. The number of rotatable bonds is 9. The lowest BCUT2D eigenvalue weighted by atomic mass is 10.1. The fraction of sp³-hybridized carbons (Fsp3) is 0.103. The number of hydrogen-bond acceptors (Lipinski definition) is 5. The number of amides is 1. The minimum absolute atomic E-state index is 0.0322. The molecule has 0 heterocycles. The van der Waals surface area contributed by atoms with Crippen LogP contribution in [0.15, 0.2) is 113 Å². The van der Waals surface area contributed by atoms with Crippen molar-refractivity contribution in [1.29, 1.82) is 0 Å². The Bertz CT molecular complexity index is 1540. The molecule has 38 heavy (non-hydrogen) atoms. The molecule has 0 bridgehead atoms. The average Bonchev–Trinajstić information content (AvgIpc) is 2.95. The van der Waals surface area contributed by atoms with Gasteiger partial charge in [-0.2, -0.15) is 5.10 Å². The van der Waals surface area contributed by atoms with Gasteiger partial charge in [0.2, 0.25) is 0 Å². The Kier molecular flexibility index (Phi) is 8.80. The Morgan fingerprint density at radius 3 is 2.18 bits per heavy atom. The second-order valence-corrected chi connectivity index (χ2v) is 11.4. The van der Waals surface area contributed by atoms with Crippen LogP contribution in [0.3, 0.4) is 0 Å². The SMILES string of the molecule is COc1ccc(S(=O)(=O)N(Cc2ccccc2)c2ccccc2C(=O)N/N=C(\C)c2ccc(I)cc2)cc1. The van der Waals surface area contributed by atoms with Crippen LogP contribution in [0.4, 0.5) is 5.69 Å². The fourth-order valence-corrected chi connectivity index (χ4v) is 5.59. The molecule has 0 aromatic heterocycles. The molecule has 0 atom stereocenters. The summed E-state index contributed by atoms with van der Waals surface area (Å²) in [5.41, 5.74) is 5.27. The van der Waals surface area contributed by atoms with Crippen LogP contribution in [0, 0.1) is 3.57 Å². The lowest BCUT2D eigenvalue weighted by Gasteiger charge is -2.26. The van der Waals surface area contributed by atoms with Crippen molar-refractivity contribution in [2.24, 2.45) is 5.10 Å². The number of carbonyl (C=O) groups excluding carboxylic acids is 1. The summed E-state index contributed by atoms with van der Waals surface area (Å²) in [6, 6.07) is 29.7. The third kappa shape index (κ3) is 6.40. The highest BCUT2D eigenvalue weighted by Crippen LogP contribution is 2.30. The molecule has 9 heteroatoms. The van der Waals surface area contributed by atoms with Crippen LogP contribution >= 0.6 is 22.6 Å². The summed E-state index contributed by atoms with van der Waals surface area (Å²) < 4.78 is 35.4. The van der Waals surface area contributed by atoms with E-state index in [2.05, 4.69) is 33.1 Å². The molecule has 1 N–H and O–H groups in total. The Balaban J connectivity index is 1.72. The van der Waals surface area contributed by atoms with Gasteiger partial charge in [-0.3, -0.25) is 9.10 Å². The minimum Gasteiger partial charge on any atom is -0.497 e. The molecular weight excluding hydrogens is 613 g/mol. The molecule has 0 aliphatic heterocycles. The summed E-state index contributed by atoms with van der Waals surface area (Å²) in [6.07, 6.45) is 0. The Morgan fingerprint density at radius 2 is 1.53 bits per heavy atom. The van der Waals surface area contributed by atoms with Crippen molar-refractivity contribution in [3.05, 3.63) is 123 Å². The molecule has 4 rings (SSSR count). The predicted molar refractivity (Wildman–Crippen MR) is 158 cm³/mol. The van der Waals surface area contributed by atoms with E-state index in [4.69, 9.17) is 4.74 Å². The van der Waals surface area contributed by atoms with E-state index in [0.717, 1.165) is 14.7 Å². The van der Waals surface area contributed by atoms with Crippen molar-refractivity contribution in [1.82, 2.24) is 5.43 Å². The summed E-state index contributed by atoms with van der Waals surface area (Å²) in [5.74, 6) is 0.0214. The largest absolute Gasteiger partial charge is 0.497 e. The first-order chi connectivity index (χ1) is 18.3. The summed E-state index contributed by atoms with van der Waals surface area (Å²) in [4.78, 5) is 13.4. The number of hydrogen-bond donors (Lipinski definition) is 1. The molecule has 7 nitrogen and oxygen atoms in total. The van der Waals surface area contributed by atoms with Gasteiger partial charge in [0.15, 0.2) is 0 Å². The van der Waals surface area contributed by atoms with Gasteiger partial charge in [-0.05, 0) is 89.2 Å². The number of methoxy groups -OCH3 is 1. The Labute approximate surface area is 236 Å². The maximum Gasteiger partial charge on any atom is 0.273 e. The molecule has 1 amide bonds. The zero-order chi connectivity index (χ0) is 27.1. The Hall–Kier alpha value is -3.70. The first-order valence-corrected chi connectivity index (χ1v) is 14.2. The van der Waals surface area contributed by atoms with E-state index in [9.17, 15) is 13.2 Å². The average molecular weight is 640 g/mol. The maximum absolute atomic E-state index is 13.9. The molecule has 0 saturated heterocycles. The number of para-hydroxylation sites is 1. The first-order valence-electron chi connectivity index (χ1n) is 11.7. The molecule has 194 valence electrons. The van der Waals surface area contributed by atoms with Crippen molar-refractivity contribution in [2.45, 2.75) is 18.4 Å². The lowest BCUT2D eigenvalue weighted by Crippen LogP contribution is -2.33. The summed E-state index contributed by atoms with van der Waals surface area (Å²) in [6.45, 7) is 1.83. The third-order valence-electron chi connectivity index (χ3n) is 5.82. The molecule has 0 fully saturated rings. The van der Waals surface area contributed by atoms with Crippen LogP contribution in [0.25, 0.3) is 0 Å². The minimum atomic E-state index is -4.05. The number of nitrogens with one attached hydrogen (secondary N) is 1. The van der Waals surface area contributed by atoms with E-state index in [-0.39, 0.29) is 22.7 Å². The van der Waals surface area contributed by atoms with Gasteiger partial charge in [-0.15, -0.1) is 0 Å². The number of anilines is 1. The summed E-state index contributed by atoms with van der Waals surface area (Å²) in [7, 11) is -2.53. The van der Waals surface area contributed by atoms with Crippen LogP contribution in [0.2, 0.25) is 0 Å². The van der Waals surface area contributed by atoms with Crippen molar-refractivity contribution in [2.75, 3.05) is 11.4 Å². The number of sulfonamides is 1. The Morgan fingerprint density at radius 1 is 0.895 bits per heavy atom. The van der Waals surface area contributed by atoms with Crippen LogP contribution in [-0.4, -0.2) is 27.1 Å². The van der Waals surface area contributed by atoms with E-state index in [1.807, 2.05) is 54.6 Å². The molecule has 0 spiro atoms. The molecule has 0 saturated carbocycles. The molecule has 0 aliphatic rings. The van der Waals surface area contributed by atoms with Crippen molar-refractivity contribution < 1.29 is 17.9 Å². The molecule has 0 unspecified atom stereocenters. The van der Waals surface area contributed by atoms with Gasteiger partial charge in [0.05, 0.1) is 35.5 Å². The van der Waals surface area contributed by atoms with Gasteiger partial charge < -0.3 is 4.74 Å². The second kappa shape index (κ2) is 12.2. The normalized spacial score (nSPS) is 11.6. The first kappa shape index (κ1) is 27.3. The number of carbonyl (C=O) groups is 1. The number of ether oxygens (including phenoxy) is 1. The topological polar surface area (TPSA) is 88.1 Å². The molecule has 4 aromatic carbocycles. The van der Waals surface area contributed by atoms with E-state index in [1.165, 1.54) is 23.5 Å². The van der Waals surface area contributed by atoms with Crippen LogP contribution in [0.1, 0.15) is 28.4 Å². The zero-order valence-electron chi connectivity index (χ0n) is 20.8. The molecule has 4 aromatic rings. The van der Waals surface area contributed by atoms with Crippen molar-refractivity contribution in [3.63, 3.8) is 0 Å². The molecule has 0 radical (unpaired) electrons. The van der Waals surface area contributed by atoms with E-state index in [0.29, 0.717) is 11.5 Å². The quantitative estimate of drug-likeness (QED) is 0.142. The van der Waals surface area contributed by atoms with Gasteiger partial charge in [-0.25, -0.2) is 13.8 Å². The monoisotopic (exact) mass is 639 g/mol. The van der Waals surface area contributed by atoms with Gasteiger partial charge in [0.25, 0.3) is 15.9 Å². The highest BCUT2D eigenvalue weighted by molar-refractivity contribution is 14.1. The van der Waals surface area contributed by atoms with E-state index < -0.39 is 15.9 Å². The van der Waals surface area contributed by atoms with Crippen molar-refractivity contribution in [3.8, 4) is 5.75 Å². The van der Waals surface area contributed by atoms with Crippen LogP contribution in [-0.2, 0) is 16.6 Å². The molecule has 0 aliphatic carbocycles. The van der Waals surface area contributed by atoms with Crippen LogP contribution < -0.4 is 14.5 Å². The summed E-state index contributed by atoms with van der Waals surface area (Å²) >= 11 is 2.22. The lowest BCUT2D eigenvalue weighted by molar-refractivity contribution is 0.0955. The zero-order valence-corrected chi connectivity index (χ0v) is 23.8. The third-order valence-corrected chi connectivity index (χ3v) is 8.31. The van der Waals surface area contributed by atoms with Gasteiger partial charge in [0.1, 0.15) is 5.75 Å². The van der Waals surface area contributed by atoms with Gasteiger partial charge >= 0.3 is 0 Å². The second-order valence-electron chi connectivity index (χ2n) is 8.33. The highest BCUT2D eigenvalue weighted by Gasteiger charge is 2.28. The number of halogens is 1. The predicted octanol–water partition coefficient (Wildman–Crippen LogP) is 5.85. The maximum atomic E-state index is 13.9. The smallest absolute Gasteiger partial charge is 0.273 e. The van der Waals surface area contributed by atoms with E-state index >= 15 is 0 Å². The van der Waals surface area contributed by atoms with E-state index in [1.54, 1.807) is 43.3 Å². The summed E-state index contributed by atoms with van der Waals surface area (Å²) in [5, 5.41) is 4.26. The van der Waals surface area contributed by atoms with Crippen LogP contribution in [0.5, 0.6) is 5.75 Å². The van der Waals surface area contributed by atoms with Gasteiger partial charge in [-0.1, -0.05) is 54.6 Å². The fourth-order valence-electron chi connectivity index (χ4n) is 3.76. The number of hydrazone groups is 1. The number of benzene rings is 4. The highest BCUT2D eigenvalue weighted by atomic mass is 127.